The van der Waals surface area contributed by atoms with Gasteiger partial charge in [-0.2, -0.15) is 0 Å². The van der Waals surface area contributed by atoms with Crippen LogP contribution in [0.2, 0.25) is 10.2 Å². The lowest BCUT2D eigenvalue weighted by atomic mass is 10.1. The maximum Gasteiger partial charge on any atom is 0.251 e. The van der Waals surface area contributed by atoms with E-state index in [4.69, 9.17) is 23.2 Å². The lowest BCUT2D eigenvalue weighted by molar-refractivity contribution is 0.0950. The number of pyridine rings is 1. The molecular weight excluding hydrogens is 314 g/mol. The molecule has 0 saturated heterocycles. The molecule has 0 atom stereocenters. The van der Waals surface area contributed by atoms with Crippen LogP contribution < -0.4 is 5.32 Å². The third kappa shape index (κ3) is 4.16. The third-order valence-corrected chi connectivity index (χ3v) is 3.39. The molecule has 1 heterocycles. The molecule has 0 aliphatic rings. The SMILES string of the molecule is CCc1cc(C(=O)NCc2ccc(F)c(Cl)c2)cc(Cl)n1. The molecule has 0 aliphatic carbocycles. The highest BCUT2D eigenvalue weighted by atomic mass is 35.5. The number of nitrogens with one attached hydrogen (secondary N) is 1. The third-order valence-electron chi connectivity index (χ3n) is 2.91. The van der Waals surface area contributed by atoms with Gasteiger partial charge in [0.1, 0.15) is 11.0 Å². The van der Waals surface area contributed by atoms with Crippen molar-refractivity contribution in [1.29, 1.82) is 0 Å². The van der Waals surface area contributed by atoms with Crippen LogP contribution in [0.3, 0.4) is 0 Å². The van der Waals surface area contributed by atoms with Crippen LogP contribution in [0.4, 0.5) is 4.39 Å². The molecule has 2 rings (SSSR count). The summed E-state index contributed by atoms with van der Waals surface area (Å²) in [7, 11) is 0. The summed E-state index contributed by atoms with van der Waals surface area (Å²) < 4.78 is 13.0. The van der Waals surface area contributed by atoms with Crippen molar-refractivity contribution in [3.05, 3.63) is 63.1 Å². The molecule has 0 fully saturated rings. The van der Waals surface area contributed by atoms with E-state index in [1.165, 1.54) is 18.2 Å². The highest BCUT2D eigenvalue weighted by Gasteiger charge is 2.09. The molecule has 0 aliphatic heterocycles. The Morgan fingerprint density at radius 1 is 1.29 bits per heavy atom. The van der Waals surface area contributed by atoms with Crippen LogP contribution in [0.5, 0.6) is 0 Å². The molecule has 0 radical (unpaired) electrons. The molecule has 1 N–H and O–H groups in total. The number of nitrogens with zero attached hydrogens (tertiary/aromatic N) is 1. The van der Waals surface area contributed by atoms with E-state index < -0.39 is 5.82 Å². The van der Waals surface area contributed by atoms with Gasteiger partial charge in [0.05, 0.1) is 5.02 Å². The average molecular weight is 327 g/mol. The van der Waals surface area contributed by atoms with E-state index in [1.54, 1.807) is 12.1 Å². The summed E-state index contributed by atoms with van der Waals surface area (Å²) in [6.07, 6.45) is 0.689. The zero-order valence-electron chi connectivity index (χ0n) is 11.3. The highest BCUT2D eigenvalue weighted by Crippen LogP contribution is 2.16. The summed E-state index contributed by atoms with van der Waals surface area (Å²) in [5.74, 6) is -0.755. The van der Waals surface area contributed by atoms with Gasteiger partial charge in [0, 0.05) is 17.8 Å². The second-order valence-corrected chi connectivity index (χ2v) is 5.25. The van der Waals surface area contributed by atoms with Crippen LogP contribution in [-0.2, 0) is 13.0 Å². The summed E-state index contributed by atoms with van der Waals surface area (Å²) in [5.41, 5.74) is 1.91. The summed E-state index contributed by atoms with van der Waals surface area (Å²) in [6, 6.07) is 7.52. The van der Waals surface area contributed by atoms with Gasteiger partial charge in [-0.15, -0.1) is 0 Å². The van der Waals surface area contributed by atoms with Crippen molar-refractivity contribution in [2.75, 3.05) is 0 Å². The van der Waals surface area contributed by atoms with Gasteiger partial charge in [0.25, 0.3) is 5.91 Å². The number of aryl methyl sites for hydroxylation is 1. The summed E-state index contributed by atoms with van der Waals surface area (Å²) >= 11 is 11.6. The first-order chi connectivity index (χ1) is 9.99. The minimum absolute atomic E-state index is 0.0296. The molecule has 1 aromatic carbocycles. The quantitative estimate of drug-likeness (QED) is 0.862. The number of carbonyl (C=O) groups excluding carboxylic acids is 1. The molecule has 2 aromatic rings. The summed E-state index contributed by atoms with van der Waals surface area (Å²) in [5, 5.41) is 3.05. The first-order valence-corrected chi connectivity index (χ1v) is 7.13. The molecule has 3 nitrogen and oxygen atoms in total. The number of carbonyl (C=O) groups is 1. The van der Waals surface area contributed by atoms with Gasteiger partial charge < -0.3 is 5.32 Å². The van der Waals surface area contributed by atoms with E-state index in [0.717, 1.165) is 5.69 Å². The molecule has 0 bridgehead atoms. The van der Waals surface area contributed by atoms with Gasteiger partial charge in [-0.25, -0.2) is 9.37 Å². The Morgan fingerprint density at radius 3 is 2.71 bits per heavy atom. The standard InChI is InChI=1S/C15H13Cl2FN2O/c1-2-11-6-10(7-14(17)20-11)15(21)19-8-9-3-4-13(18)12(16)5-9/h3-7H,2,8H2,1H3,(H,19,21). The number of hydrogen-bond donors (Lipinski definition) is 1. The van der Waals surface area contributed by atoms with Crippen molar-refractivity contribution in [1.82, 2.24) is 10.3 Å². The second kappa shape index (κ2) is 6.87. The first-order valence-electron chi connectivity index (χ1n) is 6.38. The number of aromatic nitrogens is 1. The molecule has 0 unspecified atom stereocenters. The van der Waals surface area contributed by atoms with Crippen molar-refractivity contribution >= 4 is 29.1 Å². The largest absolute Gasteiger partial charge is 0.348 e. The Balaban J connectivity index is 2.07. The lowest BCUT2D eigenvalue weighted by Gasteiger charge is -2.07. The fraction of sp³-hybridized carbons (Fsp3) is 0.200. The number of benzene rings is 1. The van der Waals surface area contributed by atoms with Gasteiger partial charge in [-0.1, -0.05) is 36.2 Å². The summed E-state index contributed by atoms with van der Waals surface area (Å²) in [4.78, 5) is 16.2. The molecule has 0 saturated carbocycles. The Hall–Kier alpha value is -1.65. The van der Waals surface area contributed by atoms with Gasteiger partial charge >= 0.3 is 0 Å². The normalized spacial score (nSPS) is 10.5. The van der Waals surface area contributed by atoms with E-state index >= 15 is 0 Å². The van der Waals surface area contributed by atoms with Crippen molar-refractivity contribution in [2.24, 2.45) is 0 Å². The molecule has 1 amide bonds. The minimum atomic E-state index is -0.486. The number of rotatable bonds is 4. The van der Waals surface area contributed by atoms with Crippen molar-refractivity contribution in [3.8, 4) is 0 Å². The van der Waals surface area contributed by atoms with Crippen LogP contribution in [0.25, 0.3) is 0 Å². The number of amides is 1. The monoisotopic (exact) mass is 326 g/mol. The van der Waals surface area contributed by atoms with Crippen molar-refractivity contribution in [2.45, 2.75) is 19.9 Å². The van der Waals surface area contributed by atoms with Crippen LogP contribution in [0, 0.1) is 5.82 Å². The van der Waals surface area contributed by atoms with Crippen LogP contribution in [0.1, 0.15) is 28.5 Å². The van der Waals surface area contributed by atoms with Crippen LogP contribution >= 0.6 is 23.2 Å². The fourth-order valence-corrected chi connectivity index (χ4v) is 2.23. The molecule has 1 aromatic heterocycles. The number of hydrogen-bond acceptors (Lipinski definition) is 2. The molecule has 21 heavy (non-hydrogen) atoms. The Bertz CT molecular complexity index is 677. The average Bonchev–Trinajstić information content (AvgIpc) is 2.47. The molecule has 6 heteroatoms. The van der Waals surface area contributed by atoms with Crippen LogP contribution in [-0.4, -0.2) is 10.9 Å². The second-order valence-electron chi connectivity index (χ2n) is 4.45. The predicted octanol–water partition coefficient (Wildman–Crippen LogP) is 4.02. The van der Waals surface area contributed by atoms with Crippen LogP contribution in [0.15, 0.2) is 30.3 Å². The van der Waals surface area contributed by atoms with Crippen molar-refractivity contribution in [3.63, 3.8) is 0 Å². The topological polar surface area (TPSA) is 42.0 Å². The minimum Gasteiger partial charge on any atom is -0.348 e. The molecular formula is C15H13Cl2FN2O. The molecule has 110 valence electrons. The van der Waals surface area contributed by atoms with Gasteiger partial charge in [-0.3, -0.25) is 4.79 Å². The van der Waals surface area contributed by atoms with Gasteiger partial charge in [0.2, 0.25) is 0 Å². The van der Waals surface area contributed by atoms with Gasteiger partial charge in [-0.05, 0) is 36.2 Å². The highest BCUT2D eigenvalue weighted by molar-refractivity contribution is 6.30. The Kier molecular flexibility index (Phi) is 5.15. The lowest BCUT2D eigenvalue weighted by Crippen LogP contribution is -2.23. The van der Waals surface area contributed by atoms with Crippen molar-refractivity contribution < 1.29 is 9.18 Å². The first kappa shape index (κ1) is 15.7. The predicted molar refractivity (Wildman–Crippen MR) is 81.2 cm³/mol. The van der Waals surface area contributed by atoms with E-state index in [-0.39, 0.29) is 22.6 Å². The van der Waals surface area contributed by atoms with E-state index in [1.807, 2.05) is 6.92 Å². The zero-order valence-corrected chi connectivity index (χ0v) is 12.8. The van der Waals surface area contributed by atoms with E-state index in [9.17, 15) is 9.18 Å². The van der Waals surface area contributed by atoms with E-state index in [2.05, 4.69) is 10.3 Å². The molecule has 0 spiro atoms. The smallest absolute Gasteiger partial charge is 0.251 e. The fourth-order valence-electron chi connectivity index (χ4n) is 1.80. The maximum atomic E-state index is 13.0. The Labute approximate surface area is 132 Å². The maximum absolute atomic E-state index is 13.0. The van der Waals surface area contributed by atoms with Gasteiger partial charge in [0.15, 0.2) is 0 Å². The summed E-state index contributed by atoms with van der Waals surface area (Å²) in [6.45, 7) is 2.18. The zero-order chi connectivity index (χ0) is 15.4. The Morgan fingerprint density at radius 2 is 2.05 bits per heavy atom. The number of halogens is 3. The van der Waals surface area contributed by atoms with E-state index in [0.29, 0.717) is 17.5 Å².